The molecule has 3 nitrogen and oxygen atoms in total. The van der Waals surface area contributed by atoms with E-state index in [2.05, 4.69) is 4.90 Å². The lowest BCUT2D eigenvalue weighted by atomic mass is 10.0. The molecule has 0 saturated carbocycles. The van der Waals surface area contributed by atoms with Gasteiger partial charge < -0.3 is 14.7 Å². The fourth-order valence-corrected chi connectivity index (χ4v) is 2.64. The Bertz CT molecular complexity index is 417. The van der Waals surface area contributed by atoms with E-state index in [0.29, 0.717) is 11.5 Å². The van der Waals surface area contributed by atoms with Crippen LogP contribution in [0.4, 0.5) is 10.1 Å². The summed E-state index contributed by atoms with van der Waals surface area (Å²) in [5.74, 6) is 0.194. The van der Waals surface area contributed by atoms with Crippen molar-refractivity contribution >= 4 is 5.69 Å². The third-order valence-electron chi connectivity index (χ3n) is 3.64. The van der Waals surface area contributed by atoms with Crippen molar-refractivity contribution in [2.24, 2.45) is 5.92 Å². The van der Waals surface area contributed by atoms with Crippen LogP contribution in [0, 0.1) is 11.7 Å². The van der Waals surface area contributed by atoms with E-state index in [-0.39, 0.29) is 5.82 Å². The van der Waals surface area contributed by atoms with Crippen LogP contribution in [0.15, 0.2) is 18.2 Å². The monoisotopic (exact) mass is 267 g/mol. The molecule has 0 aromatic heterocycles. The predicted molar refractivity (Wildman–Crippen MR) is 73.8 cm³/mol. The summed E-state index contributed by atoms with van der Waals surface area (Å²) in [4.78, 5) is 2.08. The van der Waals surface area contributed by atoms with Gasteiger partial charge >= 0.3 is 0 Å². The lowest BCUT2D eigenvalue weighted by Crippen LogP contribution is -2.31. The van der Waals surface area contributed by atoms with Gasteiger partial charge in [-0.1, -0.05) is 0 Å². The molecule has 1 unspecified atom stereocenters. The van der Waals surface area contributed by atoms with Crippen molar-refractivity contribution in [1.82, 2.24) is 0 Å². The smallest absolute Gasteiger partial charge is 0.123 e. The van der Waals surface area contributed by atoms with Crippen LogP contribution in [0.3, 0.4) is 0 Å². The fourth-order valence-electron chi connectivity index (χ4n) is 2.64. The van der Waals surface area contributed by atoms with Gasteiger partial charge in [-0.3, -0.25) is 0 Å². The summed E-state index contributed by atoms with van der Waals surface area (Å²) < 4.78 is 18.8. The SMILES string of the molecule is C[C@@H](O)c1cc(F)ccc1N(C)CC1CCCOC1. The molecule has 0 radical (unpaired) electrons. The van der Waals surface area contributed by atoms with Crippen molar-refractivity contribution in [2.45, 2.75) is 25.9 Å². The zero-order valence-electron chi connectivity index (χ0n) is 11.6. The number of nitrogens with zero attached hydrogens (tertiary/aromatic N) is 1. The Kier molecular flexibility index (Phi) is 4.77. The Labute approximate surface area is 114 Å². The Balaban J connectivity index is 2.11. The molecule has 1 N–H and O–H groups in total. The van der Waals surface area contributed by atoms with Crippen molar-refractivity contribution < 1.29 is 14.2 Å². The molecule has 1 aliphatic heterocycles. The van der Waals surface area contributed by atoms with E-state index in [1.54, 1.807) is 13.0 Å². The maximum atomic E-state index is 13.3. The molecule has 2 atom stereocenters. The molecule has 1 aliphatic rings. The van der Waals surface area contributed by atoms with Gasteiger partial charge in [0.1, 0.15) is 5.82 Å². The van der Waals surface area contributed by atoms with Crippen molar-refractivity contribution in [3.63, 3.8) is 0 Å². The molecule has 0 amide bonds. The number of halogens is 1. The average molecular weight is 267 g/mol. The molecule has 1 fully saturated rings. The summed E-state index contributed by atoms with van der Waals surface area (Å²) in [7, 11) is 1.98. The highest BCUT2D eigenvalue weighted by Gasteiger charge is 2.19. The minimum Gasteiger partial charge on any atom is -0.389 e. The van der Waals surface area contributed by atoms with E-state index in [9.17, 15) is 9.50 Å². The van der Waals surface area contributed by atoms with Gasteiger partial charge in [-0.05, 0) is 43.9 Å². The van der Waals surface area contributed by atoms with E-state index in [1.807, 2.05) is 7.05 Å². The molecule has 0 spiro atoms. The first-order chi connectivity index (χ1) is 9.08. The molecule has 19 heavy (non-hydrogen) atoms. The number of aliphatic hydroxyl groups is 1. The van der Waals surface area contributed by atoms with Gasteiger partial charge in [-0.2, -0.15) is 0 Å². The number of ether oxygens (including phenoxy) is 1. The van der Waals surface area contributed by atoms with E-state index in [4.69, 9.17) is 4.74 Å². The van der Waals surface area contributed by atoms with Gasteiger partial charge in [0.15, 0.2) is 0 Å². The minimum absolute atomic E-state index is 0.311. The second-order valence-electron chi connectivity index (χ2n) is 5.34. The van der Waals surface area contributed by atoms with Crippen LogP contribution >= 0.6 is 0 Å². The number of anilines is 1. The fraction of sp³-hybridized carbons (Fsp3) is 0.600. The molecule has 1 heterocycles. The molecule has 1 aromatic rings. The molecule has 1 aromatic carbocycles. The molecule has 0 aliphatic carbocycles. The van der Waals surface area contributed by atoms with Gasteiger partial charge in [-0.25, -0.2) is 4.39 Å². The average Bonchev–Trinajstić information content (AvgIpc) is 2.39. The van der Waals surface area contributed by atoms with Crippen LogP contribution in [0.1, 0.15) is 31.4 Å². The van der Waals surface area contributed by atoms with Crippen LogP contribution in [0.25, 0.3) is 0 Å². The minimum atomic E-state index is -0.671. The van der Waals surface area contributed by atoms with Crippen molar-refractivity contribution in [2.75, 3.05) is 31.7 Å². The summed E-state index contributed by atoms with van der Waals surface area (Å²) in [6.45, 7) is 4.17. The summed E-state index contributed by atoms with van der Waals surface area (Å²) in [6.07, 6.45) is 1.59. The Hall–Kier alpha value is -1.13. The molecule has 0 bridgehead atoms. The van der Waals surface area contributed by atoms with E-state index in [0.717, 1.165) is 38.3 Å². The second kappa shape index (κ2) is 6.35. The van der Waals surface area contributed by atoms with Crippen LogP contribution in [-0.4, -0.2) is 31.9 Å². The van der Waals surface area contributed by atoms with Crippen molar-refractivity contribution in [3.8, 4) is 0 Å². The van der Waals surface area contributed by atoms with E-state index < -0.39 is 6.10 Å². The lowest BCUT2D eigenvalue weighted by molar-refractivity contribution is 0.0576. The lowest BCUT2D eigenvalue weighted by Gasteiger charge is -2.30. The molecular formula is C15H22FNO2. The maximum Gasteiger partial charge on any atom is 0.123 e. The van der Waals surface area contributed by atoms with Gasteiger partial charge in [0.2, 0.25) is 0 Å². The maximum absolute atomic E-state index is 13.3. The Morgan fingerprint density at radius 3 is 2.95 bits per heavy atom. The largest absolute Gasteiger partial charge is 0.389 e. The van der Waals surface area contributed by atoms with Gasteiger partial charge in [0, 0.05) is 31.5 Å². The van der Waals surface area contributed by atoms with Crippen LogP contribution in [-0.2, 0) is 4.74 Å². The molecule has 1 saturated heterocycles. The van der Waals surface area contributed by atoms with Crippen LogP contribution < -0.4 is 4.90 Å². The summed E-state index contributed by atoms with van der Waals surface area (Å²) in [6, 6.07) is 4.59. The summed E-state index contributed by atoms with van der Waals surface area (Å²) in [5.41, 5.74) is 1.53. The Morgan fingerprint density at radius 1 is 1.53 bits per heavy atom. The van der Waals surface area contributed by atoms with Gasteiger partial charge in [0.05, 0.1) is 12.7 Å². The molecule has 2 rings (SSSR count). The number of rotatable bonds is 4. The number of hydrogen-bond donors (Lipinski definition) is 1. The third-order valence-corrected chi connectivity index (χ3v) is 3.64. The first kappa shape index (κ1) is 14.3. The van der Waals surface area contributed by atoms with Gasteiger partial charge in [0.25, 0.3) is 0 Å². The van der Waals surface area contributed by atoms with Crippen LogP contribution in [0.2, 0.25) is 0 Å². The molecule has 106 valence electrons. The third kappa shape index (κ3) is 3.67. The zero-order chi connectivity index (χ0) is 13.8. The normalized spacial score (nSPS) is 21.2. The topological polar surface area (TPSA) is 32.7 Å². The van der Waals surface area contributed by atoms with E-state index in [1.165, 1.54) is 12.1 Å². The number of hydrogen-bond acceptors (Lipinski definition) is 3. The van der Waals surface area contributed by atoms with Crippen LogP contribution in [0.5, 0.6) is 0 Å². The van der Waals surface area contributed by atoms with E-state index >= 15 is 0 Å². The number of benzene rings is 1. The van der Waals surface area contributed by atoms with Gasteiger partial charge in [-0.15, -0.1) is 0 Å². The quantitative estimate of drug-likeness (QED) is 0.910. The zero-order valence-corrected chi connectivity index (χ0v) is 11.6. The summed E-state index contributed by atoms with van der Waals surface area (Å²) >= 11 is 0. The highest BCUT2D eigenvalue weighted by molar-refractivity contribution is 5.54. The predicted octanol–water partition coefficient (Wildman–Crippen LogP) is 2.74. The molecular weight excluding hydrogens is 245 g/mol. The number of aliphatic hydroxyl groups excluding tert-OH is 1. The Morgan fingerprint density at radius 2 is 2.32 bits per heavy atom. The standard InChI is InChI=1S/C15H22FNO2/c1-11(18)14-8-13(16)5-6-15(14)17(2)9-12-4-3-7-19-10-12/h5-6,8,11-12,18H,3-4,7,9-10H2,1-2H3/t11-,12?/m1/s1. The highest BCUT2D eigenvalue weighted by Crippen LogP contribution is 2.28. The molecule has 4 heteroatoms. The first-order valence-corrected chi connectivity index (χ1v) is 6.84. The first-order valence-electron chi connectivity index (χ1n) is 6.84. The summed E-state index contributed by atoms with van der Waals surface area (Å²) in [5, 5.41) is 9.77. The van der Waals surface area contributed by atoms with Crippen molar-refractivity contribution in [1.29, 1.82) is 0 Å². The van der Waals surface area contributed by atoms with Crippen molar-refractivity contribution in [3.05, 3.63) is 29.6 Å². The second-order valence-corrected chi connectivity index (χ2v) is 5.34. The highest BCUT2D eigenvalue weighted by atomic mass is 19.1.